The van der Waals surface area contributed by atoms with Gasteiger partial charge in [0.05, 0.1) is 5.69 Å². The smallest absolute Gasteiger partial charge is 0.244 e. The Hall–Kier alpha value is -2.99. The summed E-state index contributed by atoms with van der Waals surface area (Å²) in [6, 6.07) is 14.9. The molecule has 0 bridgehead atoms. The number of aromatic nitrogens is 4. The third kappa shape index (κ3) is 4.27. The highest BCUT2D eigenvalue weighted by molar-refractivity contribution is 6.30. The van der Waals surface area contributed by atoms with Gasteiger partial charge >= 0.3 is 0 Å². The van der Waals surface area contributed by atoms with E-state index in [2.05, 4.69) is 20.8 Å². The average Bonchev–Trinajstić information content (AvgIpc) is 3.14. The zero-order chi connectivity index (χ0) is 16.8. The fourth-order valence-corrected chi connectivity index (χ4v) is 2.20. The molecule has 1 aromatic heterocycles. The highest BCUT2D eigenvalue weighted by Crippen LogP contribution is 2.11. The summed E-state index contributed by atoms with van der Waals surface area (Å²) in [6.45, 7) is 0.449. The van der Waals surface area contributed by atoms with Gasteiger partial charge in [0.2, 0.25) is 5.91 Å². The summed E-state index contributed by atoms with van der Waals surface area (Å²) in [4.78, 5) is 11.9. The Morgan fingerprint density at radius 1 is 1.21 bits per heavy atom. The second kappa shape index (κ2) is 7.52. The van der Waals surface area contributed by atoms with E-state index in [1.165, 1.54) is 12.4 Å². The van der Waals surface area contributed by atoms with Gasteiger partial charge in [0.25, 0.3) is 0 Å². The van der Waals surface area contributed by atoms with Crippen LogP contribution in [-0.2, 0) is 11.3 Å². The quantitative estimate of drug-likeness (QED) is 0.725. The first-order chi connectivity index (χ1) is 11.7. The first-order valence-corrected chi connectivity index (χ1v) is 7.62. The Labute approximate surface area is 143 Å². The summed E-state index contributed by atoms with van der Waals surface area (Å²) in [6.07, 6.45) is 4.75. The second-order valence-electron chi connectivity index (χ2n) is 5.03. The molecule has 7 heteroatoms. The minimum Gasteiger partial charge on any atom is -0.348 e. The topological polar surface area (TPSA) is 72.7 Å². The van der Waals surface area contributed by atoms with Crippen LogP contribution in [0.5, 0.6) is 0 Å². The van der Waals surface area contributed by atoms with E-state index in [9.17, 15) is 4.79 Å². The van der Waals surface area contributed by atoms with E-state index in [4.69, 9.17) is 11.6 Å². The van der Waals surface area contributed by atoms with Crippen molar-refractivity contribution >= 4 is 23.6 Å². The van der Waals surface area contributed by atoms with Crippen molar-refractivity contribution in [2.45, 2.75) is 6.54 Å². The lowest BCUT2D eigenvalue weighted by Gasteiger charge is -2.03. The van der Waals surface area contributed by atoms with Crippen molar-refractivity contribution in [2.24, 2.45) is 0 Å². The molecule has 0 fully saturated rings. The number of hydrogen-bond acceptors (Lipinski definition) is 4. The van der Waals surface area contributed by atoms with Gasteiger partial charge in [0.15, 0.2) is 0 Å². The number of nitrogens with zero attached hydrogens (tertiary/aromatic N) is 4. The summed E-state index contributed by atoms with van der Waals surface area (Å²) in [5.41, 5.74) is 2.69. The average molecular weight is 340 g/mol. The number of amides is 1. The molecule has 6 nitrogen and oxygen atoms in total. The molecular weight excluding hydrogens is 326 g/mol. The number of rotatable bonds is 5. The fourth-order valence-electron chi connectivity index (χ4n) is 2.07. The van der Waals surface area contributed by atoms with E-state index >= 15 is 0 Å². The molecule has 2 aromatic carbocycles. The molecule has 1 heterocycles. The molecule has 0 spiro atoms. The number of carbonyl (C=O) groups excluding carboxylic acids is 1. The molecule has 0 saturated carbocycles. The molecule has 0 aliphatic rings. The Morgan fingerprint density at radius 2 is 2.04 bits per heavy atom. The third-order valence-corrected chi connectivity index (χ3v) is 3.54. The van der Waals surface area contributed by atoms with E-state index < -0.39 is 0 Å². The Morgan fingerprint density at radius 3 is 2.79 bits per heavy atom. The lowest BCUT2D eigenvalue weighted by Crippen LogP contribution is -2.20. The van der Waals surface area contributed by atoms with Crippen LogP contribution in [0.3, 0.4) is 0 Å². The second-order valence-corrected chi connectivity index (χ2v) is 5.46. The molecule has 0 radical (unpaired) electrons. The van der Waals surface area contributed by atoms with Crippen LogP contribution in [0.1, 0.15) is 11.1 Å². The predicted octanol–water partition coefficient (Wildman–Crippen LogP) is 2.65. The number of tetrazole rings is 1. The van der Waals surface area contributed by atoms with Crippen molar-refractivity contribution in [3.8, 4) is 5.69 Å². The summed E-state index contributed by atoms with van der Waals surface area (Å²) >= 11 is 5.83. The molecule has 120 valence electrons. The number of carbonyl (C=O) groups is 1. The normalized spacial score (nSPS) is 10.9. The number of hydrogen-bond donors (Lipinski definition) is 1. The number of halogens is 1. The van der Waals surface area contributed by atoms with Crippen LogP contribution in [0, 0.1) is 0 Å². The van der Waals surface area contributed by atoms with E-state index in [0.29, 0.717) is 11.6 Å². The van der Waals surface area contributed by atoms with Crippen LogP contribution in [0.25, 0.3) is 11.8 Å². The van der Waals surface area contributed by atoms with E-state index in [1.54, 1.807) is 22.9 Å². The predicted molar refractivity (Wildman–Crippen MR) is 91.5 cm³/mol. The molecule has 1 N–H and O–H groups in total. The zero-order valence-electron chi connectivity index (χ0n) is 12.6. The van der Waals surface area contributed by atoms with Gasteiger partial charge in [-0.1, -0.05) is 35.9 Å². The van der Waals surface area contributed by atoms with Crippen molar-refractivity contribution in [2.75, 3.05) is 0 Å². The maximum absolute atomic E-state index is 11.9. The van der Waals surface area contributed by atoms with Gasteiger partial charge in [-0.25, -0.2) is 4.68 Å². The van der Waals surface area contributed by atoms with Gasteiger partial charge in [0, 0.05) is 17.6 Å². The van der Waals surface area contributed by atoms with Crippen molar-refractivity contribution in [3.05, 3.63) is 77.1 Å². The molecule has 3 aromatic rings. The van der Waals surface area contributed by atoms with Gasteiger partial charge in [-0.05, 0) is 51.9 Å². The Balaban J connectivity index is 1.60. The molecule has 0 atom stereocenters. The van der Waals surface area contributed by atoms with Gasteiger partial charge in [-0.3, -0.25) is 4.79 Å². The van der Waals surface area contributed by atoms with Gasteiger partial charge in [-0.2, -0.15) is 0 Å². The monoisotopic (exact) mass is 339 g/mol. The minimum atomic E-state index is -0.169. The SMILES string of the molecule is O=C(/C=C/c1cccc(-n2cnnn2)c1)NCc1ccc(Cl)cc1. The summed E-state index contributed by atoms with van der Waals surface area (Å²) in [5, 5.41) is 14.5. The largest absolute Gasteiger partial charge is 0.348 e. The Bertz CT molecular complexity index is 844. The van der Waals surface area contributed by atoms with Crippen LogP contribution in [0.4, 0.5) is 0 Å². The van der Waals surface area contributed by atoms with Crippen molar-refractivity contribution in [1.82, 2.24) is 25.5 Å². The molecule has 0 aliphatic heterocycles. The highest BCUT2D eigenvalue weighted by Gasteiger charge is 2.00. The molecule has 24 heavy (non-hydrogen) atoms. The molecule has 0 unspecified atom stereocenters. The molecule has 0 aliphatic carbocycles. The lowest BCUT2D eigenvalue weighted by atomic mass is 10.2. The van der Waals surface area contributed by atoms with Crippen LogP contribution < -0.4 is 5.32 Å². The van der Waals surface area contributed by atoms with Gasteiger partial charge in [-0.15, -0.1) is 5.10 Å². The first kappa shape index (κ1) is 15.9. The molecule has 1 amide bonds. The highest BCUT2D eigenvalue weighted by atomic mass is 35.5. The Kier molecular flexibility index (Phi) is 4.98. The summed E-state index contributed by atoms with van der Waals surface area (Å²) in [5.74, 6) is -0.169. The lowest BCUT2D eigenvalue weighted by molar-refractivity contribution is -0.116. The number of nitrogens with one attached hydrogen (secondary N) is 1. The van der Waals surface area contributed by atoms with E-state index in [-0.39, 0.29) is 5.91 Å². The van der Waals surface area contributed by atoms with Gasteiger partial charge in [0.1, 0.15) is 6.33 Å². The molecular formula is C17H14ClN5O. The number of benzene rings is 2. The standard InChI is InChI=1S/C17H14ClN5O/c18-15-7-4-14(5-8-15)11-19-17(24)9-6-13-2-1-3-16(10-13)23-12-20-21-22-23/h1-10,12H,11H2,(H,19,24)/b9-6+. The zero-order valence-corrected chi connectivity index (χ0v) is 13.4. The third-order valence-electron chi connectivity index (χ3n) is 3.29. The molecule has 3 rings (SSSR count). The summed E-state index contributed by atoms with van der Waals surface area (Å²) < 4.78 is 1.55. The molecule has 0 saturated heterocycles. The fraction of sp³-hybridized carbons (Fsp3) is 0.0588. The van der Waals surface area contributed by atoms with Crippen LogP contribution >= 0.6 is 11.6 Å². The van der Waals surface area contributed by atoms with Crippen molar-refractivity contribution in [1.29, 1.82) is 0 Å². The minimum absolute atomic E-state index is 0.169. The van der Waals surface area contributed by atoms with Crippen molar-refractivity contribution < 1.29 is 4.79 Å². The van der Waals surface area contributed by atoms with Crippen LogP contribution in [-0.4, -0.2) is 26.1 Å². The van der Waals surface area contributed by atoms with E-state index in [1.807, 2.05) is 36.4 Å². The summed E-state index contributed by atoms with van der Waals surface area (Å²) in [7, 11) is 0. The van der Waals surface area contributed by atoms with E-state index in [0.717, 1.165) is 16.8 Å². The maximum Gasteiger partial charge on any atom is 0.244 e. The van der Waals surface area contributed by atoms with Crippen LogP contribution in [0.2, 0.25) is 5.02 Å². The maximum atomic E-state index is 11.9. The first-order valence-electron chi connectivity index (χ1n) is 7.24. The van der Waals surface area contributed by atoms with Gasteiger partial charge < -0.3 is 5.32 Å². The van der Waals surface area contributed by atoms with Crippen LogP contribution in [0.15, 0.2) is 60.9 Å². The van der Waals surface area contributed by atoms with Crippen molar-refractivity contribution in [3.63, 3.8) is 0 Å².